The first-order valence-electron chi connectivity index (χ1n) is 18.3. The number of fused-ring (bicyclic) bond motifs is 7. The number of hydrogen-bond donors (Lipinski definition) is 4. The molecule has 2 aliphatic rings. The molecule has 2 aliphatic heterocycles. The monoisotopic (exact) mass is 784 g/mol. The van der Waals surface area contributed by atoms with Crippen LogP contribution in [-0.2, 0) is 28.6 Å². The summed E-state index contributed by atoms with van der Waals surface area (Å²) in [6.45, 7) is 13.4. The predicted molar refractivity (Wildman–Crippen MR) is 213 cm³/mol. The fraction of sp³-hybridized carbons (Fsp3) is 0.390. The summed E-state index contributed by atoms with van der Waals surface area (Å²) >= 11 is 0. The Kier molecular flexibility index (Phi) is 14.2. The first-order valence-corrected chi connectivity index (χ1v) is 18.3. The molecule has 3 aromatic rings. The zero-order valence-electron chi connectivity index (χ0n) is 33.1. The van der Waals surface area contributed by atoms with Crippen LogP contribution in [0.25, 0.3) is 44.4 Å². The molecule has 16 heteroatoms. The number of rotatable bonds is 17. The van der Waals surface area contributed by atoms with E-state index in [9.17, 15) is 19.5 Å². The van der Waals surface area contributed by atoms with Crippen LogP contribution in [0, 0.1) is 13.8 Å². The third-order valence-electron chi connectivity index (χ3n) is 9.70. The fourth-order valence-corrected chi connectivity index (χ4v) is 5.85. The van der Waals surface area contributed by atoms with Gasteiger partial charge in [-0.3, -0.25) is 19.6 Å². The Morgan fingerprint density at radius 1 is 0.667 bits per heavy atom. The summed E-state index contributed by atoms with van der Waals surface area (Å²) in [5, 5.41) is 20.7. The molecule has 0 saturated carbocycles. The Morgan fingerprint density at radius 2 is 1.19 bits per heavy atom. The van der Waals surface area contributed by atoms with E-state index in [4.69, 9.17) is 48.7 Å². The zero-order valence-corrected chi connectivity index (χ0v) is 33.1. The van der Waals surface area contributed by atoms with Crippen LogP contribution in [-0.4, -0.2) is 112 Å². The number of carbonyl (C=O) groups excluding carboxylic acids is 1. The molecule has 4 heterocycles. The lowest BCUT2D eigenvalue weighted by Crippen LogP contribution is -2.44. The second-order valence-electron chi connectivity index (χ2n) is 13.5. The number of carboxylic acid groups (broad SMARTS) is 2. The van der Waals surface area contributed by atoms with Gasteiger partial charge in [-0.1, -0.05) is 0 Å². The van der Waals surface area contributed by atoms with Gasteiger partial charge < -0.3 is 44.2 Å². The maximum Gasteiger partial charge on any atom is 0.326 e. The molecule has 0 aliphatic carbocycles. The Balaban J connectivity index is 1.61. The van der Waals surface area contributed by atoms with Gasteiger partial charge in [-0.05, 0) is 87.1 Å². The minimum atomic E-state index is -1.65. The van der Waals surface area contributed by atoms with Gasteiger partial charge in [0.15, 0.2) is 18.1 Å². The minimum absolute atomic E-state index is 0.0878. The van der Waals surface area contributed by atoms with E-state index in [1.807, 2.05) is 39.8 Å². The molecule has 1 amide bonds. The normalized spacial score (nSPS) is 13.0. The molecule has 1 unspecified atom stereocenters. The largest absolute Gasteiger partial charge is 0.487 e. The topological polar surface area (TPSA) is 217 Å². The van der Waals surface area contributed by atoms with Crippen LogP contribution in [0.4, 0.5) is 0 Å². The number of amides is 1. The minimum Gasteiger partial charge on any atom is -0.487 e. The zero-order chi connectivity index (χ0) is 41.2. The molecule has 4 N–H and O–H groups in total. The van der Waals surface area contributed by atoms with Crippen LogP contribution in [0.1, 0.15) is 68.0 Å². The maximum absolute atomic E-state index is 12.8. The van der Waals surface area contributed by atoms with Crippen molar-refractivity contribution in [2.45, 2.75) is 54.0 Å². The van der Waals surface area contributed by atoms with E-state index in [1.165, 1.54) is 0 Å². The average molecular weight is 785 g/mol. The van der Waals surface area contributed by atoms with Crippen molar-refractivity contribution in [2.24, 2.45) is 0 Å². The number of hydrogen-bond acceptors (Lipinski definition) is 12. The molecule has 6 bridgehead atoms. The van der Waals surface area contributed by atoms with Crippen molar-refractivity contribution in [1.82, 2.24) is 30.2 Å². The van der Waals surface area contributed by atoms with Gasteiger partial charge in [0.05, 0.1) is 91.2 Å². The lowest BCUT2D eigenvalue weighted by Gasteiger charge is -2.15. The van der Waals surface area contributed by atoms with Gasteiger partial charge in [0.25, 0.3) is 5.91 Å². The van der Waals surface area contributed by atoms with Crippen molar-refractivity contribution >= 4 is 62.2 Å². The number of carboxylic acids is 2. The molecule has 0 saturated heterocycles. The maximum atomic E-state index is 12.8. The molecule has 2 aromatic heterocycles. The third kappa shape index (κ3) is 10.7. The first-order chi connectivity index (χ1) is 27.3. The van der Waals surface area contributed by atoms with Crippen LogP contribution in [0.15, 0.2) is 36.7 Å². The lowest BCUT2D eigenvalue weighted by atomic mass is 10.1. The van der Waals surface area contributed by atoms with Crippen LogP contribution < -0.4 is 14.8 Å². The van der Waals surface area contributed by atoms with E-state index in [1.54, 1.807) is 31.6 Å². The van der Waals surface area contributed by atoms with Gasteiger partial charge >= 0.3 is 11.9 Å². The van der Waals surface area contributed by atoms with Crippen molar-refractivity contribution in [3.05, 3.63) is 70.6 Å². The molecular formula is C41H48N6O10. The third-order valence-corrected chi connectivity index (χ3v) is 9.70. The van der Waals surface area contributed by atoms with Crippen molar-refractivity contribution in [1.29, 1.82) is 0 Å². The van der Waals surface area contributed by atoms with Gasteiger partial charge in [0.2, 0.25) is 0 Å². The van der Waals surface area contributed by atoms with Crippen molar-refractivity contribution in [2.75, 3.05) is 53.4 Å². The number of benzene rings is 1. The SMILES string of the molecule is COCCOCCOCCOc1cc2ncc3nc(cc4nc(cc5[nH]c(cnc2cc1OCC(=O)NC(CC(=O)O)C(=O)O)c(C)c5C)C(C)=C4C)C(C)=C3C. The quantitative estimate of drug-likeness (QED) is 0.127. The smallest absolute Gasteiger partial charge is 0.326 e. The Hall–Kier alpha value is -5.97. The number of aryl methyl sites for hydroxylation is 2. The van der Waals surface area contributed by atoms with Crippen molar-refractivity contribution < 1.29 is 48.3 Å². The van der Waals surface area contributed by atoms with Gasteiger partial charge in [-0.25, -0.2) is 14.8 Å². The Labute approximate surface area is 329 Å². The summed E-state index contributed by atoms with van der Waals surface area (Å²) in [5.74, 6) is -3.43. The number of allylic oxidation sites excluding steroid dienone is 4. The molecule has 0 spiro atoms. The van der Waals surface area contributed by atoms with Crippen LogP contribution in [0.5, 0.6) is 11.5 Å². The molecule has 1 atom stereocenters. The lowest BCUT2D eigenvalue weighted by molar-refractivity contribution is -0.147. The molecule has 0 fully saturated rings. The van der Waals surface area contributed by atoms with Crippen LogP contribution in [0.2, 0.25) is 0 Å². The number of nitrogens with zero attached hydrogens (tertiary/aromatic N) is 4. The van der Waals surface area contributed by atoms with Gasteiger partial charge in [0, 0.05) is 24.8 Å². The van der Waals surface area contributed by atoms with Crippen molar-refractivity contribution in [3.63, 3.8) is 0 Å². The summed E-state index contributed by atoms with van der Waals surface area (Å²) in [5.41, 5.74) is 11.6. The van der Waals surface area contributed by atoms with E-state index >= 15 is 0 Å². The van der Waals surface area contributed by atoms with E-state index in [0.29, 0.717) is 43.2 Å². The number of ether oxygens (including phenoxy) is 5. The van der Waals surface area contributed by atoms with E-state index in [0.717, 1.165) is 61.5 Å². The molecule has 5 rings (SSSR count). The number of nitrogens with one attached hydrogen (secondary N) is 2. The number of methoxy groups -OCH3 is 1. The van der Waals surface area contributed by atoms with Crippen LogP contribution in [0.3, 0.4) is 0 Å². The standard InChI is InChI=1S/C41H48N6O10/c1-22-23(2)29-15-31-25(4)27(6)36(46-31)20-43-33-17-38(57-21-39(48)47-34(41(51)52)18-40(49)50)37(56-13-12-55-11-10-54-9-8-53-7)16-32(33)42-19-35-26(5)24(3)30(45-35)14-28(22)44-29/h14-17,19-20,34,46H,8-13,18,21H2,1-7H3,(H,47,48)(H,49,50)(H,51,52). The number of carbonyl (C=O) groups is 3. The highest BCUT2D eigenvalue weighted by atomic mass is 16.6. The highest BCUT2D eigenvalue weighted by Crippen LogP contribution is 2.34. The molecule has 57 heavy (non-hydrogen) atoms. The Bertz CT molecular complexity index is 2300. The molecular weight excluding hydrogens is 736 g/mol. The molecule has 1 aromatic carbocycles. The van der Waals surface area contributed by atoms with Gasteiger partial charge in [-0.2, -0.15) is 0 Å². The van der Waals surface area contributed by atoms with Gasteiger partial charge in [-0.15, -0.1) is 0 Å². The van der Waals surface area contributed by atoms with Gasteiger partial charge in [0.1, 0.15) is 12.6 Å². The van der Waals surface area contributed by atoms with E-state index < -0.39 is 36.9 Å². The first kappa shape index (κ1) is 42.2. The predicted octanol–water partition coefficient (Wildman–Crippen LogP) is 5.34. The summed E-state index contributed by atoms with van der Waals surface area (Å²) in [7, 11) is 1.59. The van der Waals surface area contributed by atoms with Crippen molar-refractivity contribution in [3.8, 4) is 11.5 Å². The number of aliphatic carboxylic acids is 2. The number of H-pyrrole nitrogens is 1. The molecule has 16 nitrogen and oxygen atoms in total. The highest BCUT2D eigenvalue weighted by molar-refractivity contribution is 5.94. The number of aromatic amines is 1. The second kappa shape index (κ2) is 19.3. The molecule has 302 valence electrons. The summed E-state index contributed by atoms with van der Waals surface area (Å²) < 4.78 is 28.0. The summed E-state index contributed by atoms with van der Waals surface area (Å²) in [4.78, 5) is 58.6. The highest BCUT2D eigenvalue weighted by Gasteiger charge is 2.24. The number of aromatic nitrogens is 5. The summed E-state index contributed by atoms with van der Waals surface area (Å²) in [6.07, 6.45) is 2.53. The Morgan fingerprint density at radius 3 is 1.81 bits per heavy atom. The van der Waals surface area contributed by atoms with E-state index in [-0.39, 0.29) is 24.7 Å². The summed E-state index contributed by atoms with van der Waals surface area (Å²) in [6, 6.07) is 5.55. The second-order valence-corrected chi connectivity index (χ2v) is 13.5. The fourth-order valence-electron chi connectivity index (χ4n) is 5.85. The van der Waals surface area contributed by atoms with Crippen LogP contribution >= 0.6 is 0 Å². The van der Waals surface area contributed by atoms with E-state index in [2.05, 4.69) is 24.1 Å². The molecule has 0 radical (unpaired) electrons. The average Bonchev–Trinajstić information content (AvgIpc) is 3.71.